The van der Waals surface area contributed by atoms with E-state index in [1.54, 1.807) is 12.1 Å². The highest BCUT2D eigenvalue weighted by Gasteiger charge is 2.52. The normalized spacial score (nSPS) is 17.7. The summed E-state index contributed by atoms with van der Waals surface area (Å²) < 4.78 is 45.7. The molecule has 10 heteroatoms. The molecule has 3 aromatic rings. The van der Waals surface area contributed by atoms with Gasteiger partial charge < -0.3 is 8.85 Å². The molecule has 314 valence electrons. The predicted octanol–water partition coefficient (Wildman–Crippen LogP) is 11.5. The topological polar surface area (TPSA) is 64.6 Å². The third-order valence-electron chi connectivity index (χ3n) is 12.0. The summed E-state index contributed by atoms with van der Waals surface area (Å²) in [5.41, 5.74) is 1.84. The van der Waals surface area contributed by atoms with E-state index >= 15 is 0 Å². The molecule has 0 aromatic heterocycles. The zero-order chi connectivity index (χ0) is 42.3. The van der Waals surface area contributed by atoms with E-state index in [2.05, 4.69) is 146 Å². The van der Waals surface area contributed by atoms with E-state index < -0.39 is 32.7 Å². The fourth-order valence-electron chi connectivity index (χ4n) is 7.53. The Hall–Kier alpha value is -1.90. The molecule has 1 aliphatic rings. The van der Waals surface area contributed by atoms with Crippen LogP contribution in [-0.4, -0.2) is 58.9 Å². The lowest BCUT2D eigenvalue weighted by Crippen LogP contribution is -2.68. The van der Waals surface area contributed by atoms with Crippen molar-refractivity contribution in [1.29, 1.82) is 0 Å². The number of sulfonamides is 1. The van der Waals surface area contributed by atoms with Crippen LogP contribution in [0.5, 0.6) is 0 Å². The molecule has 0 amide bonds. The minimum absolute atomic E-state index is 0.0222. The molecule has 1 heterocycles. The van der Waals surface area contributed by atoms with E-state index in [0.29, 0.717) is 6.42 Å². The van der Waals surface area contributed by atoms with Crippen LogP contribution in [0.2, 0.25) is 23.2 Å². The van der Waals surface area contributed by atoms with Gasteiger partial charge in [0.05, 0.1) is 15.1 Å². The van der Waals surface area contributed by atoms with Gasteiger partial charge in [0.2, 0.25) is 10.0 Å². The Morgan fingerprint density at radius 3 is 1.82 bits per heavy atom. The molecule has 0 spiro atoms. The fraction of sp³-hybridized carbons (Fsp3) is 0.532. The third-order valence-corrected chi connectivity index (χ3v) is 26.5. The maximum atomic E-state index is 13.8. The van der Waals surface area contributed by atoms with Crippen molar-refractivity contribution < 1.29 is 17.3 Å². The molecule has 3 aromatic carbocycles. The largest absolute Gasteiger partial charge is 0.414 e. The molecule has 1 N–H and O–H groups in total. The van der Waals surface area contributed by atoms with Crippen LogP contribution in [0.25, 0.3) is 0 Å². The van der Waals surface area contributed by atoms with Crippen LogP contribution in [0.3, 0.4) is 0 Å². The first-order chi connectivity index (χ1) is 26.6. The number of hydrogen-bond donors (Lipinski definition) is 1. The van der Waals surface area contributed by atoms with Crippen molar-refractivity contribution in [2.24, 2.45) is 5.92 Å². The second-order valence-electron chi connectivity index (χ2n) is 18.7. The highest BCUT2D eigenvalue weighted by atomic mass is 32.2. The summed E-state index contributed by atoms with van der Waals surface area (Å²) in [5, 5.41) is 2.40. The van der Waals surface area contributed by atoms with Gasteiger partial charge in [-0.2, -0.15) is 0 Å². The summed E-state index contributed by atoms with van der Waals surface area (Å²) >= 11 is 3.95. The van der Waals surface area contributed by atoms with Crippen molar-refractivity contribution in [3.63, 3.8) is 0 Å². The van der Waals surface area contributed by atoms with Crippen molar-refractivity contribution in [2.45, 2.75) is 145 Å². The molecule has 4 atom stereocenters. The number of benzene rings is 3. The van der Waals surface area contributed by atoms with Gasteiger partial charge in [-0.15, -0.1) is 30.1 Å². The van der Waals surface area contributed by atoms with Gasteiger partial charge in [0.15, 0.2) is 8.32 Å². The Kier molecular flexibility index (Phi) is 16.5. The molecule has 5 nitrogen and oxygen atoms in total. The smallest absolute Gasteiger partial charge is 0.261 e. The molecule has 1 fully saturated rings. The maximum absolute atomic E-state index is 13.8. The van der Waals surface area contributed by atoms with Crippen molar-refractivity contribution in [2.75, 3.05) is 11.5 Å². The Bertz CT molecular complexity index is 1810. The minimum Gasteiger partial charge on any atom is -0.414 e. The van der Waals surface area contributed by atoms with Gasteiger partial charge in [0, 0.05) is 12.1 Å². The molecule has 57 heavy (non-hydrogen) atoms. The van der Waals surface area contributed by atoms with Gasteiger partial charge in [-0.1, -0.05) is 145 Å². The Labute approximate surface area is 358 Å². The molecule has 0 aliphatic carbocycles. The average molecular weight is 866 g/mol. The van der Waals surface area contributed by atoms with Crippen molar-refractivity contribution in [1.82, 2.24) is 4.72 Å². The van der Waals surface area contributed by atoms with Gasteiger partial charge in [0.25, 0.3) is 8.32 Å². The van der Waals surface area contributed by atoms with E-state index in [9.17, 15) is 8.42 Å². The van der Waals surface area contributed by atoms with Crippen LogP contribution in [0, 0.1) is 12.8 Å². The summed E-state index contributed by atoms with van der Waals surface area (Å²) in [4.78, 5) is 0.278. The summed E-state index contributed by atoms with van der Waals surface area (Å²) in [5.74, 6) is 2.16. The summed E-state index contributed by atoms with van der Waals surface area (Å²) in [6, 6.07) is 28.4. The molecule has 0 bridgehead atoms. The number of thioether (sulfide) groups is 2. The van der Waals surface area contributed by atoms with Crippen molar-refractivity contribution >= 4 is 60.6 Å². The molecule has 0 radical (unpaired) electrons. The predicted molar refractivity (Wildman–Crippen MR) is 255 cm³/mol. The third kappa shape index (κ3) is 12.1. The maximum Gasteiger partial charge on any atom is 0.261 e. The number of nitrogens with one attached hydrogen (secondary N) is 1. The number of hydrogen-bond acceptors (Lipinski definition) is 6. The van der Waals surface area contributed by atoms with Crippen LogP contribution in [0.15, 0.2) is 115 Å². The summed E-state index contributed by atoms with van der Waals surface area (Å²) in [6.45, 7) is 33.4. The molecule has 1 aliphatic heterocycles. The van der Waals surface area contributed by atoms with E-state index in [-0.39, 0.29) is 37.2 Å². The van der Waals surface area contributed by atoms with Gasteiger partial charge in [0.1, 0.15) is 0 Å². The number of aryl methyl sites for hydroxylation is 1. The standard InChI is InChI=1S/C47H71NO4S3Si2/c1-14-38(5)44(52-57(46(9,10)11,41-22-17-15-18-23-41)42-24-19-16-20-25-42)31-28-39(51-56(12,13)45(6,7)8)34-47(53-32-21-33-54-47)35-43(36(2)3)48-55(49,50)40-29-26-37(4)27-30-40/h14-20,22-27,29-30,38-39,43-44,48H,1-2,21,28,31-35H2,3-13H3/t38-,39-,43+,44-/m0/s1. The average Bonchev–Trinajstić information content (AvgIpc) is 3.14. The Morgan fingerprint density at radius 2 is 1.37 bits per heavy atom. The summed E-state index contributed by atoms with van der Waals surface area (Å²) in [7, 11) is -8.83. The Balaban J connectivity index is 1.74. The lowest BCUT2D eigenvalue weighted by Gasteiger charge is -2.47. The van der Waals surface area contributed by atoms with E-state index in [4.69, 9.17) is 8.85 Å². The highest BCUT2D eigenvalue weighted by molar-refractivity contribution is 8.18. The quantitative estimate of drug-likeness (QED) is 0.0957. The van der Waals surface area contributed by atoms with E-state index in [1.165, 1.54) is 10.4 Å². The molecule has 1 saturated heterocycles. The first-order valence-corrected chi connectivity index (χ1v) is 28.9. The van der Waals surface area contributed by atoms with Crippen LogP contribution < -0.4 is 15.1 Å². The zero-order valence-electron chi connectivity index (χ0n) is 36.7. The molecule has 0 unspecified atom stereocenters. The number of rotatable bonds is 19. The molecule has 4 rings (SSSR count). The van der Waals surface area contributed by atoms with Crippen LogP contribution in [0.4, 0.5) is 0 Å². The second-order valence-corrected chi connectivity index (χ2v) is 32.6. The lowest BCUT2D eigenvalue weighted by molar-refractivity contribution is 0.101. The van der Waals surface area contributed by atoms with E-state index in [0.717, 1.165) is 48.3 Å². The first-order valence-electron chi connectivity index (χ1n) is 20.7. The van der Waals surface area contributed by atoms with Gasteiger partial charge >= 0.3 is 0 Å². The zero-order valence-corrected chi connectivity index (χ0v) is 41.1. The monoisotopic (exact) mass is 865 g/mol. The van der Waals surface area contributed by atoms with Gasteiger partial charge in [-0.05, 0) is 109 Å². The van der Waals surface area contributed by atoms with E-state index in [1.807, 2.05) is 49.5 Å². The van der Waals surface area contributed by atoms with Crippen LogP contribution >= 0.6 is 23.5 Å². The SMILES string of the molecule is C=C[C@H](C)[C@H](CC[C@@H](CC1(C[C@@H](NS(=O)(=O)c2ccc(C)cc2)C(=C)C)SCCCS1)O[Si](C)(C)C(C)(C)C)O[Si](c1ccccc1)(c1ccccc1)C(C)(C)C. The van der Waals surface area contributed by atoms with Gasteiger partial charge in [-0.3, -0.25) is 0 Å². The molecular formula is C47H71NO4S3Si2. The second kappa shape index (κ2) is 19.7. The van der Waals surface area contributed by atoms with Crippen LogP contribution in [0.1, 0.15) is 93.1 Å². The lowest BCUT2D eigenvalue weighted by atomic mass is 9.96. The van der Waals surface area contributed by atoms with Crippen LogP contribution in [-0.2, 0) is 18.9 Å². The Morgan fingerprint density at radius 1 is 0.842 bits per heavy atom. The summed E-state index contributed by atoms with van der Waals surface area (Å²) in [6.07, 6.45) is 6.11. The minimum atomic E-state index is -3.76. The van der Waals surface area contributed by atoms with Gasteiger partial charge in [-0.25, -0.2) is 13.1 Å². The molecule has 0 saturated carbocycles. The highest BCUT2D eigenvalue weighted by Crippen LogP contribution is 2.51. The van der Waals surface area contributed by atoms with Crippen molar-refractivity contribution in [3.05, 3.63) is 115 Å². The first kappa shape index (κ1) is 47.8. The molecular weight excluding hydrogens is 795 g/mol. The van der Waals surface area contributed by atoms with Crippen molar-refractivity contribution in [3.8, 4) is 0 Å². The fourth-order valence-corrected chi connectivity index (χ4v) is 18.5.